The van der Waals surface area contributed by atoms with Gasteiger partial charge < -0.3 is 10.5 Å². The second-order valence-corrected chi connectivity index (χ2v) is 5.87. The Bertz CT molecular complexity index is 896. The summed E-state index contributed by atoms with van der Waals surface area (Å²) in [5, 5.41) is 4.72. The molecule has 25 heavy (non-hydrogen) atoms. The Balaban J connectivity index is 1.76. The number of nitrogens with two attached hydrogens (primary N) is 1. The number of hydrogen-bond donors (Lipinski definition) is 2. The first-order chi connectivity index (χ1) is 12.1. The Morgan fingerprint density at radius 3 is 2.72 bits per heavy atom. The van der Waals surface area contributed by atoms with Crippen LogP contribution in [0.4, 0.5) is 5.13 Å². The van der Waals surface area contributed by atoms with Gasteiger partial charge >= 0.3 is 0 Å². The molecule has 0 fully saturated rings. The Labute approximate surface area is 147 Å². The maximum absolute atomic E-state index is 12.5. The summed E-state index contributed by atoms with van der Waals surface area (Å²) in [6.07, 6.45) is 1.57. The normalized spacial score (nSPS) is 10.2. The highest BCUT2D eigenvalue weighted by Crippen LogP contribution is 2.24. The zero-order valence-corrected chi connectivity index (χ0v) is 13.8. The summed E-state index contributed by atoms with van der Waals surface area (Å²) in [5.74, 6) is -0.110. The number of amides is 2. The van der Waals surface area contributed by atoms with Gasteiger partial charge in [0.2, 0.25) is 11.8 Å². The van der Waals surface area contributed by atoms with E-state index >= 15 is 0 Å². The fraction of sp³-hybridized carbons (Fsp3) is 0.0588. The lowest BCUT2D eigenvalue weighted by Crippen LogP contribution is -2.15. The second kappa shape index (κ2) is 7.54. The van der Waals surface area contributed by atoms with E-state index in [1.807, 2.05) is 18.2 Å². The molecule has 0 aliphatic carbocycles. The molecule has 0 saturated heterocycles. The van der Waals surface area contributed by atoms with Gasteiger partial charge in [0.25, 0.3) is 5.91 Å². The van der Waals surface area contributed by atoms with Crippen LogP contribution in [0.1, 0.15) is 16.1 Å². The van der Waals surface area contributed by atoms with Crippen LogP contribution in [-0.4, -0.2) is 21.8 Å². The van der Waals surface area contributed by atoms with E-state index in [2.05, 4.69) is 15.3 Å². The zero-order chi connectivity index (χ0) is 17.6. The maximum atomic E-state index is 12.5. The monoisotopic (exact) mass is 354 g/mol. The minimum Gasteiger partial charge on any atom is -0.438 e. The number of rotatable bonds is 6. The number of ether oxygens (including phenoxy) is 1. The molecule has 2 amide bonds. The summed E-state index contributed by atoms with van der Waals surface area (Å²) < 4.78 is 5.68. The van der Waals surface area contributed by atoms with Crippen LogP contribution in [0.15, 0.2) is 54.0 Å². The molecule has 0 aliphatic heterocycles. The van der Waals surface area contributed by atoms with E-state index in [1.54, 1.807) is 35.8 Å². The fourth-order valence-corrected chi connectivity index (χ4v) is 2.74. The minimum atomic E-state index is -0.478. The number of aromatic nitrogens is 2. The number of hydrogen-bond acceptors (Lipinski definition) is 6. The molecule has 0 spiro atoms. The number of pyridine rings is 1. The van der Waals surface area contributed by atoms with Crippen molar-refractivity contribution in [1.29, 1.82) is 0 Å². The predicted octanol–water partition coefficient (Wildman–Crippen LogP) is 2.61. The Hall–Kier alpha value is -3.26. The number of carbonyl (C=O) groups excluding carboxylic acids is 2. The average molecular weight is 354 g/mol. The number of thiazole rings is 1. The third-order valence-corrected chi connectivity index (χ3v) is 3.91. The first-order valence-electron chi connectivity index (χ1n) is 7.34. The van der Waals surface area contributed by atoms with Gasteiger partial charge in [0.05, 0.1) is 12.1 Å². The molecule has 3 N–H and O–H groups in total. The maximum Gasteiger partial charge on any atom is 0.262 e. The zero-order valence-electron chi connectivity index (χ0n) is 13.0. The summed E-state index contributed by atoms with van der Waals surface area (Å²) in [6, 6.07) is 12.3. The second-order valence-electron chi connectivity index (χ2n) is 5.01. The van der Waals surface area contributed by atoms with Gasteiger partial charge in [-0.2, -0.15) is 0 Å². The molecule has 0 aliphatic rings. The summed E-state index contributed by atoms with van der Waals surface area (Å²) >= 11 is 1.21. The molecule has 0 unspecified atom stereocenters. The van der Waals surface area contributed by atoms with Gasteiger partial charge in [0, 0.05) is 11.6 Å². The highest BCUT2D eigenvalue weighted by molar-refractivity contribution is 7.14. The van der Waals surface area contributed by atoms with E-state index in [4.69, 9.17) is 10.5 Å². The minimum absolute atomic E-state index is 0.0294. The molecule has 1 aromatic carbocycles. The molecule has 3 rings (SSSR count). The van der Waals surface area contributed by atoms with Gasteiger partial charge in [-0.05, 0) is 24.3 Å². The third-order valence-electron chi connectivity index (χ3n) is 3.10. The molecule has 2 aromatic heterocycles. The molecular formula is C17H14N4O3S. The smallest absolute Gasteiger partial charge is 0.262 e. The summed E-state index contributed by atoms with van der Waals surface area (Å²) in [4.78, 5) is 31.7. The number of nitrogens with one attached hydrogen (secondary N) is 1. The van der Waals surface area contributed by atoms with Gasteiger partial charge in [-0.3, -0.25) is 14.9 Å². The number of primary amides is 1. The van der Waals surface area contributed by atoms with Gasteiger partial charge in [-0.15, -0.1) is 11.3 Å². The molecular weight excluding hydrogens is 340 g/mol. The van der Waals surface area contributed by atoms with Crippen molar-refractivity contribution in [1.82, 2.24) is 9.97 Å². The number of carbonyl (C=O) groups is 2. The SMILES string of the molecule is NC(=O)Cc1csc(NC(=O)c2cccnc2Oc2ccccc2)n1. The highest BCUT2D eigenvalue weighted by Gasteiger charge is 2.16. The van der Waals surface area contributed by atoms with E-state index in [9.17, 15) is 9.59 Å². The van der Waals surface area contributed by atoms with Crippen molar-refractivity contribution in [3.8, 4) is 11.6 Å². The third kappa shape index (κ3) is 4.39. The van der Waals surface area contributed by atoms with E-state index in [-0.39, 0.29) is 17.9 Å². The molecule has 0 atom stereocenters. The van der Waals surface area contributed by atoms with Gasteiger partial charge in [0.15, 0.2) is 5.13 Å². The van der Waals surface area contributed by atoms with Crippen molar-refractivity contribution in [2.75, 3.05) is 5.32 Å². The standard InChI is InChI=1S/C17H14N4O3S/c18-14(22)9-11-10-25-17(20-11)21-15(23)13-7-4-8-19-16(13)24-12-5-2-1-3-6-12/h1-8,10H,9H2,(H2,18,22)(H,20,21,23). The largest absolute Gasteiger partial charge is 0.438 e. The van der Waals surface area contributed by atoms with Crippen LogP contribution in [-0.2, 0) is 11.2 Å². The Morgan fingerprint density at radius 2 is 1.96 bits per heavy atom. The fourth-order valence-electron chi connectivity index (χ4n) is 2.03. The van der Waals surface area contributed by atoms with E-state index in [0.29, 0.717) is 16.6 Å². The average Bonchev–Trinajstić information content (AvgIpc) is 3.02. The molecule has 0 saturated carbocycles. The molecule has 0 radical (unpaired) electrons. The topological polar surface area (TPSA) is 107 Å². The van der Waals surface area contributed by atoms with Crippen LogP contribution in [0.25, 0.3) is 0 Å². The van der Waals surface area contributed by atoms with Crippen LogP contribution in [0.3, 0.4) is 0 Å². The Morgan fingerprint density at radius 1 is 1.16 bits per heavy atom. The van der Waals surface area contributed by atoms with E-state index < -0.39 is 11.8 Å². The molecule has 126 valence electrons. The summed E-state index contributed by atoms with van der Waals surface area (Å²) in [7, 11) is 0. The van der Waals surface area contributed by atoms with Crippen molar-refractivity contribution in [3.63, 3.8) is 0 Å². The van der Waals surface area contributed by atoms with Crippen molar-refractivity contribution in [3.05, 3.63) is 65.3 Å². The predicted molar refractivity (Wildman–Crippen MR) is 93.7 cm³/mol. The van der Waals surface area contributed by atoms with Crippen molar-refractivity contribution in [2.24, 2.45) is 5.73 Å². The van der Waals surface area contributed by atoms with Crippen LogP contribution in [0, 0.1) is 0 Å². The molecule has 3 aromatic rings. The van der Waals surface area contributed by atoms with Crippen LogP contribution < -0.4 is 15.8 Å². The Kier molecular flexibility index (Phi) is 5.00. The van der Waals surface area contributed by atoms with E-state index in [1.165, 1.54) is 11.3 Å². The molecule has 0 bridgehead atoms. The van der Waals surface area contributed by atoms with E-state index in [0.717, 1.165) is 0 Å². The molecule has 7 nitrogen and oxygen atoms in total. The summed E-state index contributed by atoms with van der Waals surface area (Å²) in [5.41, 5.74) is 5.92. The van der Waals surface area contributed by atoms with Crippen molar-refractivity contribution < 1.29 is 14.3 Å². The number of nitrogens with zero attached hydrogens (tertiary/aromatic N) is 2. The number of benzene rings is 1. The van der Waals surface area contributed by atoms with Crippen LogP contribution in [0.2, 0.25) is 0 Å². The number of para-hydroxylation sites is 1. The first kappa shape index (κ1) is 16.6. The van der Waals surface area contributed by atoms with Gasteiger partial charge in [-0.1, -0.05) is 18.2 Å². The van der Waals surface area contributed by atoms with Crippen LogP contribution in [0.5, 0.6) is 11.6 Å². The van der Waals surface area contributed by atoms with Gasteiger partial charge in [0.1, 0.15) is 11.3 Å². The summed E-state index contributed by atoms with van der Waals surface area (Å²) in [6.45, 7) is 0. The lowest BCUT2D eigenvalue weighted by molar-refractivity contribution is -0.117. The van der Waals surface area contributed by atoms with Gasteiger partial charge in [-0.25, -0.2) is 9.97 Å². The van der Waals surface area contributed by atoms with Crippen molar-refractivity contribution in [2.45, 2.75) is 6.42 Å². The van der Waals surface area contributed by atoms with Crippen LogP contribution >= 0.6 is 11.3 Å². The lowest BCUT2D eigenvalue weighted by atomic mass is 10.2. The quantitative estimate of drug-likeness (QED) is 0.707. The molecule has 2 heterocycles. The highest BCUT2D eigenvalue weighted by atomic mass is 32.1. The lowest BCUT2D eigenvalue weighted by Gasteiger charge is -2.09. The van der Waals surface area contributed by atoms with Crippen molar-refractivity contribution >= 4 is 28.3 Å². The first-order valence-corrected chi connectivity index (χ1v) is 8.22. The number of anilines is 1. The molecule has 8 heteroatoms.